The Morgan fingerprint density at radius 1 is 1.17 bits per heavy atom. The van der Waals surface area contributed by atoms with Crippen molar-refractivity contribution >= 4 is 11.6 Å². The zero-order chi connectivity index (χ0) is 13.0. The first kappa shape index (κ1) is 13.8. The van der Waals surface area contributed by atoms with Crippen molar-refractivity contribution in [2.24, 2.45) is 0 Å². The van der Waals surface area contributed by atoms with Crippen molar-refractivity contribution < 1.29 is 10.2 Å². The third kappa shape index (κ3) is 3.93. The number of halogens is 1. The maximum absolute atomic E-state index is 9.40. The minimum absolute atomic E-state index is 0.559. The van der Waals surface area contributed by atoms with Gasteiger partial charge in [-0.3, -0.25) is 4.90 Å². The van der Waals surface area contributed by atoms with Gasteiger partial charge in [0.25, 0.3) is 0 Å². The van der Waals surface area contributed by atoms with Gasteiger partial charge < -0.3 is 15.5 Å². The molecule has 1 aliphatic rings. The highest BCUT2D eigenvalue weighted by atomic mass is 35.5. The number of nitrogens with zero attached hydrogens (tertiary/aromatic N) is 1. The van der Waals surface area contributed by atoms with Crippen LogP contribution in [0.25, 0.3) is 0 Å². The molecule has 0 aliphatic carbocycles. The Bertz CT molecular complexity index is 362. The minimum Gasteiger partial charge on any atom is -0.389 e. The van der Waals surface area contributed by atoms with Gasteiger partial charge in [-0.1, -0.05) is 23.7 Å². The summed E-state index contributed by atoms with van der Waals surface area (Å²) in [6.07, 6.45) is -1.19. The highest BCUT2D eigenvalue weighted by Gasteiger charge is 2.28. The van der Waals surface area contributed by atoms with Gasteiger partial charge in [0.2, 0.25) is 0 Å². The topological polar surface area (TPSA) is 55.7 Å². The molecule has 1 aromatic carbocycles. The van der Waals surface area contributed by atoms with E-state index in [1.165, 1.54) is 5.56 Å². The molecule has 0 spiro atoms. The third-order valence-corrected chi connectivity index (χ3v) is 3.43. The van der Waals surface area contributed by atoms with Gasteiger partial charge in [-0.2, -0.15) is 0 Å². The lowest BCUT2D eigenvalue weighted by atomic mass is 10.2. The average Bonchev–Trinajstić information content (AvgIpc) is 2.67. The summed E-state index contributed by atoms with van der Waals surface area (Å²) >= 11 is 5.81. The van der Waals surface area contributed by atoms with E-state index in [4.69, 9.17) is 11.6 Å². The zero-order valence-corrected chi connectivity index (χ0v) is 11.0. The van der Waals surface area contributed by atoms with Gasteiger partial charge in [0, 0.05) is 37.7 Å². The number of nitrogens with one attached hydrogen (secondary N) is 1. The van der Waals surface area contributed by atoms with Crippen LogP contribution in [0.15, 0.2) is 24.3 Å². The Hall–Kier alpha value is -0.650. The average molecular weight is 271 g/mol. The number of hydrogen-bond acceptors (Lipinski definition) is 4. The summed E-state index contributed by atoms with van der Waals surface area (Å²) in [7, 11) is 0. The van der Waals surface area contributed by atoms with Crippen molar-refractivity contribution in [3.05, 3.63) is 34.9 Å². The molecule has 0 amide bonds. The molecule has 2 atom stereocenters. The lowest BCUT2D eigenvalue weighted by Crippen LogP contribution is -2.31. The van der Waals surface area contributed by atoms with Crippen LogP contribution in [-0.4, -0.2) is 53.5 Å². The quantitative estimate of drug-likeness (QED) is 0.681. The summed E-state index contributed by atoms with van der Waals surface area (Å²) in [4.78, 5) is 2.06. The molecule has 5 heteroatoms. The Morgan fingerprint density at radius 3 is 2.39 bits per heavy atom. The zero-order valence-electron chi connectivity index (χ0n) is 10.2. The van der Waals surface area contributed by atoms with E-state index in [-0.39, 0.29) is 0 Å². The van der Waals surface area contributed by atoms with Crippen LogP contribution in [-0.2, 0) is 6.54 Å². The molecule has 1 fully saturated rings. The third-order valence-electron chi connectivity index (χ3n) is 3.18. The van der Waals surface area contributed by atoms with Crippen molar-refractivity contribution in [3.63, 3.8) is 0 Å². The van der Waals surface area contributed by atoms with E-state index >= 15 is 0 Å². The van der Waals surface area contributed by atoms with E-state index in [0.717, 1.165) is 24.7 Å². The smallest absolute Gasteiger partial charge is 0.0938 e. The van der Waals surface area contributed by atoms with Crippen molar-refractivity contribution in [3.8, 4) is 0 Å². The molecular weight excluding hydrogens is 252 g/mol. The minimum atomic E-state index is -0.596. The maximum Gasteiger partial charge on any atom is 0.0938 e. The van der Waals surface area contributed by atoms with E-state index in [1.807, 2.05) is 24.3 Å². The molecule has 2 rings (SSSR count). The number of β-amino-alcohol motifs (C(OH)–C–C–N with tert-alkyl or cyclic N) is 2. The molecule has 100 valence electrons. The Balaban J connectivity index is 1.63. The molecule has 18 heavy (non-hydrogen) atoms. The molecule has 0 bridgehead atoms. The van der Waals surface area contributed by atoms with E-state index < -0.39 is 12.2 Å². The number of rotatable bonds is 5. The SMILES string of the molecule is O[C@H]1CN(CCNCc2ccc(Cl)cc2)C[C@@H]1O. The molecule has 0 unspecified atom stereocenters. The Kier molecular flexibility index (Phi) is 4.97. The van der Waals surface area contributed by atoms with Crippen LogP contribution in [0.5, 0.6) is 0 Å². The van der Waals surface area contributed by atoms with Crippen LogP contribution in [0.2, 0.25) is 5.02 Å². The van der Waals surface area contributed by atoms with Gasteiger partial charge in [0.05, 0.1) is 12.2 Å². The first-order valence-electron chi connectivity index (χ1n) is 6.19. The van der Waals surface area contributed by atoms with Crippen molar-refractivity contribution in [2.45, 2.75) is 18.8 Å². The summed E-state index contributed by atoms with van der Waals surface area (Å²) in [5.74, 6) is 0. The van der Waals surface area contributed by atoms with Crippen LogP contribution < -0.4 is 5.32 Å². The van der Waals surface area contributed by atoms with E-state index in [9.17, 15) is 10.2 Å². The summed E-state index contributed by atoms with van der Waals surface area (Å²) in [5, 5.41) is 22.9. The van der Waals surface area contributed by atoms with Crippen LogP contribution in [0.4, 0.5) is 0 Å². The molecule has 0 aromatic heterocycles. The second-order valence-corrected chi connectivity index (χ2v) is 5.13. The maximum atomic E-state index is 9.40. The van der Waals surface area contributed by atoms with Crippen molar-refractivity contribution in [1.29, 1.82) is 0 Å². The molecule has 1 aliphatic heterocycles. The predicted molar refractivity (Wildman–Crippen MR) is 71.6 cm³/mol. The number of benzene rings is 1. The van der Waals surface area contributed by atoms with Gasteiger partial charge in [0.1, 0.15) is 0 Å². The van der Waals surface area contributed by atoms with Crippen molar-refractivity contribution in [1.82, 2.24) is 10.2 Å². The Labute approximate surface area is 112 Å². The fourth-order valence-corrected chi connectivity index (χ4v) is 2.23. The fourth-order valence-electron chi connectivity index (χ4n) is 2.10. The molecule has 3 N–H and O–H groups in total. The number of hydrogen-bond donors (Lipinski definition) is 3. The van der Waals surface area contributed by atoms with Crippen LogP contribution in [0.3, 0.4) is 0 Å². The molecular formula is C13H19ClN2O2. The van der Waals surface area contributed by atoms with Crippen LogP contribution >= 0.6 is 11.6 Å². The normalized spacial score (nSPS) is 24.6. The van der Waals surface area contributed by atoms with Gasteiger partial charge >= 0.3 is 0 Å². The highest BCUT2D eigenvalue weighted by molar-refractivity contribution is 6.30. The molecule has 0 radical (unpaired) electrons. The molecule has 4 nitrogen and oxygen atoms in total. The first-order chi connectivity index (χ1) is 8.65. The molecule has 0 saturated carbocycles. The van der Waals surface area contributed by atoms with Gasteiger partial charge in [-0.15, -0.1) is 0 Å². The van der Waals surface area contributed by atoms with Gasteiger partial charge in [-0.25, -0.2) is 0 Å². The largest absolute Gasteiger partial charge is 0.389 e. The summed E-state index contributed by atoms with van der Waals surface area (Å²) in [6.45, 7) is 3.59. The standard InChI is InChI=1S/C13H19ClN2O2/c14-11-3-1-10(2-4-11)7-15-5-6-16-8-12(17)13(18)9-16/h1-4,12-13,15,17-18H,5-9H2/t12-,13-/m0/s1. The Morgan fingerprint density at radius 2 is 1.78 bits per heavy atom. The van der Waals surface area contributed by atoms with E-state index in [0.29, 0.717) is 13.1 Å². The number of likely N-dealkylation sites (tertiary alicyclic amines) is 1. The lowest BCUT2D eigenvalue weighted by Gasteiger charge is -2.14. The predicted octanol–water partition coefficient (Wildman–Crippen LogP) is 0.467. The summed E-state index contributed by atoms with van der Waals surface area (Å²) in [5.41, 5.74) is 1.20. The summed E-state index contributed by atoms with van der Waals surface area (Å²) < 4.78 is 0. The van der Waals surface area contributed by atoms with Gasteiger partial charge in [-0.05, 0) is 17.7 Å². The first-order valence-corrected chi connectivity index (χ1v) is 6.56. The van der Waals surface area contributed by atoms with Crippen LogP contribution in [0.1, 0.15) is 5.56 Å². The molecule has 1 aromatic rings. The highest BCUT2D eigenvalue weighted by Crippen LogP contribution is 2.10. The fraction of sp³-hybridized carbons (Fsp3) is 0.538. The lowest BCUT2D eigenvalue weighted by molar-refractivity contribution is 0.0572. The second kappa shape index (κ2) is 6.50. The second-order valence-electron chi connectivity index (χ2n) is 4.70. The summed E-state index contributed by atoms with van der Waals surface area (Å²) in [6, 6.07) is 7.76. The molecule has 1 heterocycles. The van der Waals surface area contributed by atoms with E-state index in [1.54, 1.807) is 0 Å². The van der Waals surface area contributed by atoms with Gasteiger partial charge in [0.15, 0.2) is 0 Å². The van der Waals surface area contributed by atoms with Crippen LogP contribution in [0, 0.1) is 0 Å². The number of aliphatic hydroxyl groups excluding tert-OH is 2. The van der Waals surface area contributed by atoms with Crippen molar-refractivity contribution in [2.75, 3.05) is 26.2 Å². The van der Waals surface area contributed by atoms with E-state index in [2.05, 4.69) is 10.2 Å². The molecule has 1 saturated heterocycles. The number of aliphatic hydroxyl groups is 2. The monoisotopic (exact) mass is 270 g/mol.